The molecule has 248 valence electrons. The second-order valence-corrected chi connectivity index (χ2v) is 11.6. The second kappa shape index (κ2) is 13.9. The molecule has 0 radical (unpaired) electrons. The number of aromatic nitrogens is 4. The molecule has 3 atom stereocenters. The van der Waals surface area contributed by atoms with Gasteiger partial charge in [-0.25, -0.2) is 15.0 Å². The number of nitrogens with zero attached hydrogens (tertiary/aromatic N) is 4. The zero-order valence-electron chi connectivity index (χ0n) is 27.0. The number of carbonyl (C=O) groups is 1. The van der Waals surface area contributed by atoms with Crippen molar-refractivity contribution >= 4 is 22.9 Å². The van der Waals surface area contributed by atoms with Crippen LogP contribution in [0.3, 0.4) is 0 Å². The number of hydrogen-bond acceptors (Lipinski definition) is 9. The van der Waals surface area contributed by atoms with Gasteiger partial charge in [0.15, 0.2) is 17.0 Å². The van der Waals surface area contributed by atoms with Gasteiger partial charge in [-0.2, -0.15) is 0 Å². The van der Waals surface area contributed by atoms with E-state index in [2.05, 4.69) is 20.3 Å². The van der Waals surface area contributed by atoms with Gasteiger partial charge in [0.2, 0.25) is 0 Å². The first kappa shape index (κ1) is 32.0. The Morgan fingerprint density at radius 1 is 0.837 bits per heavy atom. The molecule has 1 fully saturated rings. The fourth-order valence-electron chi connectivity index (χ4n) is 6.24. The molecule has 11 heteroatoms. The molecule has 2 aromatic heterocycles. The maximum absolute atomic E-state index is 12.8. The molecule has 4 aromatic carbocycles. The van der Waals surface area contributed by atoms with Gasteiger partial charge in [0.1, 0.15) is 35.8 Å². The standard InChI is InChI=1S/C38H35N5O6/c1-46-29-17-13-27(14-18-29)38(26-11-7-4-8-12-26,28-15-19-30(47-2)20-16-28)48-22-32-31(44)21-33(49-32)43-24-41-34-35(39-23-40-36(34)43)42-37(45)25-9-5-3-6-10-25/h3-20,23-24,31-33,44H,21-22H2,1-2H3,(H,39,40,42,45)/t31-,32-,33+/m0/s1. The van der Waals surface area contributed by atoms with Crippen molar-refractivity contribution in [3.05, 3.63) is 144 Å². The smallest absolute Gasteiger partial charge is 0.256 e. The summed E-state index contributed by atoms with van der Waals surface area (Å²) in [6.45, 7) is 0.0601. The third-order valence-corrected chi connectivity index (χ3v) is 8.78. The van der Waals surface area contributed by atoms with Crippen molar-refractivity contribution in [2.24, 2.45) is 0 Å². The van der Waals surface area contributed by atoms with Crippen LogP contribution in [-0.4, -0.2) is 63.6 Å². The number of aliphatic hydroxyl groups excluding tert-OH is 1. The highest BCUT2D eigenvalue weighted by Crippen LogP contribution is 2.43. The first-order chi connectivity index (χ1) is 24.0. The van der Waals surface area contributed by atoms with E-state index in [9.17, 15) is 9.90 Å². The summed E-state index contributed by atoms with van der Waals surface area (Å²) >= 11 is 0. The number of fused-ring (bicyclic) bond motifs is 1. The second-order valence-electron chi connectivity index (χ2n) is 11.6. The highest BCUT2D eigenvalue weighted by atomic mass is 16.6. The first-order valence-electron chi connectivity index (χ1n) is 15.9. The SMILES string of the molecule is COc1ccc(C(OC[C@@H]2O[C@@H](n3cnc4c(NC(=O)c5ccccc5)ncnc43)C[C@@H]2O)(c2ccccc2)c2ccc(OC)cc2)cc1. The third-order valence-electron chi connectivity index (χ3n) is 8.78. The number of nitrogens with one attached hydrogen (secondary N) is 1. The summed E-state index contributed by atoms with van der Waals surface area (Å²) in [6, 6.07) is 34.4. The van der Waals surface area contributed by atoms with Crippen LogP contribution in [0.2, 0.25) is 0 Å². The lowest BCUT2D eigenvalue weighted by molar-refractivity contribution is -0.0931. The van der Waals surface area contributed by atoms with E-state index >= 15 is 0 Å². The van der Waals surface area contributed by atoms with Crippen molar-refractivity contribution in [1.29, 1.82) is 0 Å². The van der Waals surface area contributed by atoms with E-state index in [4.69, 9.17) is 18.9 Å². The van der Waals surface area contributed by atoms with E-state index in [1.807, 2.05) is 84.9 Å². The van der Waals surface area contributed by atoms with Gasteiger partial charge in [0, 0.05) is 12.0 Å². The number of methoxy groups -OCH3 is 2. The molecular formula is C38H35N5O6. The Bertz CT molecular complexity index is 1970. The molecule has 0 spiro atoms. The average molecular weight is 658 g/mol. The molecule has 1 saturated heterocycles. The lowest BCUT2D eigenvalue weighted by Gasteiger charge is -2.37. The van der Waals surface area contributed by atoms with Crippen LogP contribution in [-0.2, 0) is 15.1 Å². The number of imidazole rings is 1. The molecule has 6 aromatic rings. The largest absolute Gasteiger partial charge is 0.497 e. The van der Waals surface area contributed by atoms with Gasteiger partial charge in [-0.15, -0.1) is 0 Å². The minimum absolute atomic E-state index is 0.0601. The Balaban J connectivity index is 1.18. The van der Waals surface area contributed by atoms with Crippen LogP contribution in [0.5, 0.6) is 11.5 Å². The van der Waals surface area contributed by atoms with Crippen LogP contribution in [0, 0.1) is 0 Å². The van der Waals surface area contributed by atoms with Gasteiger partial charge >= 0.3 is 0 Å². The van der Waals surface area contributed by atoms with Gasteiger partial charge in [-0.05, 0) is 53.1 Å². The summed E-state index contributed by atoms with van der Waals surface area (Å²) in [6.07, 6.45) is 1.11. The lowest BCUT2D eigenvalue weighted by Crippen LogP contribution is -2.38. The Kier molecular flexibility index (Phi) is 9.03. The van der Waals surface area contributed by atoms with Crippen molar-refractivity contribution in [3.8, 4) is 11.5 Å². The number of benzene rings is 4. The minimum Gasteiger partial charge on any atom is -0.497 e. The van der Waals surface area contributed by atoms with E-state index in [1.165, 1.54) is 6.33 Å². The topological polar surface area (TPSA) is 130 Å². The van der Waals surface area contributed by atoms with E-state index < -0.39 is 24.0 Å². The monoisotopic (exact) mass is 657 g/mol. The Morgan fingerprint density at radius 2 is 1.43 bits per heavy atom. The normalized spacial score (nSPS) is 17.6. The van der Waals surface area contributed by atoms with Gasteiger partial charge in [-0.1, -0.05) is 72.8 Å². The van der Waals surface area contributed by atoms with Crippen molar-refractivity contribution in [2.45, 2.75) is 30.5 Å². The summed E-state index contributed by atoms with van der Waals surface area (Å²) in [7, 11) is 3.26. The summed E-state index contributed by atoms with van der Waals surface area (Å²) in [5.74, 6) is 1.41. The lowest BCUT2D eigenvalue weighted by atomic mass is 9.80. The molecule has 11 nitrogen and oxygen atoms in total. The van der Waals surface area contributed by atoms with Crippen molar-refractivity contribution in [2.75, 3.05) is 26.1 Å². The number of hydrogen-bond donors (Lipinski definition) is 2. The van der Waals surface area contributed by atoms with Crippen molar-refractivity contribution in [3.63, 3.8) is 0 Å². The van der Waals surface area contributed by atoms with E-state index in [0.717, 1.165) is 28.2 Å². The molecular weight excluding hydrogens is 622 g/mol. The van der Waals surface area contributed by atoms with Crippen molar-refractivity contribution in [1.82, 2.24) is 19.5 Å². The van der Waals surface area contributed by atoms with Crippen LogP contribution >= 0.6 is 0 Å². The fourth-order valence-corrected chi connectivity index (χ4v) is 6.24. The van der Waals surface area contributed by atoms with Crippen LogP contribution < -0.4 is 14.8 Å². The van der Waals surface area contributed by atoms with Gasteiger partial charge in [0.25, 0.3) is 5.91 Å². The molecule has 49 heavy (non-hydrogen) atoms. The minimum atomic E-state index is -1.07. The quantitative estimate of drug-likeness (QED) is 0.167. The zero-order chi connectivity index (χ0) is 33.8. The van der Waals surface area contributed by atoms with Crippen LogP contribution in [0.25, 0.3) is 11.2 Å². The molecule has 1 amide bonds. The van der Waals surface area contributed by atoms with Crippen LogP contribution in [0.4, 0.5) is 5.82 Å². The third kappa shape index (κ3) is 6.22. The number of rotatable bonds is 11. The maximum atomic E-state index is 12.8. The highest BCUT2D eigenvalue weighted by Gasteiger charge is 2.42. The number of carbonyl (C=O) groups excluding carboxylic acids is 1. The number of amides is 1. The molecule has 7 rings (SSSR count). The Hall–Kier alpha value is -5.62. The van der Waals surface area contributed by atoms with Crippen LogP contribution in [0.15, 0.2) is 122 Å². The molecule has 1 aliphatic rings. The Morgan fingerprint density at radius 3 is 2.04 bits per heavy atom. The van der Waals surface area contributed by atoms with E-state index in [1.54, 1.807) is 49.4 Å². The van der Waals surface area contributed by atoms with Crippen molar-refractivity contribution < 1.29 is 28.8 Å². The molecule has 0 unspecified atom stereocenters. The molecule has 0 bridgehead atoms. The van der Waals surface area contributed by atoms with Gasteiger partial charge in [-0.3, -0.25) is 9.36 Å². The summed E-state index contributed by atoms with van der Waals surface area (Å²) in [5.41, 5.74) is 2.94. The summed E-state index contributed by atoms with van der Waals surface area (Å²) < 4.78 is 26.1. The van der Waals surface area contributed by atoms with Gasteiger partial charge < -0.3 is 29.4 Å². The number of ether oxygens (including phenoxy) is 4. The van der Waals surface area contributed by atoms with E-state index in [0.29, 0.717) is 16.7 Å². The number of aliphatic hydroxyl groups is 1. The molecule has 1 aliphatic heterocycles. The molecule has 3 heterocycles. The fraction of sp³-hybridized carbons (Fsp3) is 0.211. The van der Waals surface area contributed by atoms with Crippen LogP contribution in [0.1, 0.15) is 39.7 Å². The Labute approximate surface area is 283 Å². The predicted molar refractivity (Wildman–Crippen MR) is 183 cm³/mol. The van der Waals surface area contributed by atoms with E-state index in [-0.39, 0.29) is 24.8 Å². The first-order valence-corrected chi connectivity index (χ1v) is 15.9. The molecule has 2 N–H and O–H groups in total. The summed E-state index contributed by atoms with van der Waals surface area (Å²) in [4.78, 5) is 26.0. The molecule has 0 aliphatic carbocycles. The summed E-state index contributed by atoms with van der Waals surface area (Å²) in [5, 5.41) is 14.1. The molecule has 0 saturated carbocycles. The van der Waals surface area contributed by atoms with Gasteiger partial charge in [0.05, 0.1) is 33.3 Å². The number of anilines is 1. The average Bonchev–Trinajstić information content (AvgIpc) is 3.76. The highest BCUT2D eigenvalue weighted by molar-refractivity contribution is 6.06. The predicted octanol–water partition coefficient (Wildman–Crippen LogP) is 5.75. The zero-order valence-corrected chi connectivity index (χ0v) is 27.0. The maximum Gasteiger partial charge on any atom is 0.256 e.